The average Bonchev–Trinajstić information content (AvgIpc) is 3.16. The van der Waals surface area contributed by atoms with E-state index in [4.69, 9.17) is 4.74 Å². The molecule has 8 nitrogen and oxygen atoms in total. The fraction of sp³-hybridized carbons (Fsp3) is 0.133. The number of imidazole rings is 1. The Labute approximate surface area is 139 Å². The molecule has 0 fully saturated rings. The molecule has 0 aromatic carbocycles. The van der Waals surface area contributed by atoms with Gasteiger partial charge < -0.3 is 9.72 Å². The van der Waals surface area contributed by atoms with Crippen molar-refractivity contribution in [3.8, 4) is 17.1 Å². The third kappa shape index (κ3) is 3.58. The summed E-state index contributed by atoms with van der Waals surface area (Å²) < 4.78 is 32.0. The molecule has 24 heavy (non-hydrogen) atoms. The van der Waals surface area contributed by atoms with E-state index in [2.05, 4.69) is 24.7 Å². The van der Waals surface area contributed by atoms with E-state index >= 15 is 0 Å². The molecule has 3 heterocycles. The summed E-state index contributed by atoms with van der Waals surface area (Å²) in [6.45, 7) is 0.0123. The van der Waals surface area contributed by atoms with Crippen LogP contribution in [0.25, 0.3) is 11.4 Å². The van der Waals surface area contributed by atoms with Gasteiger partial charge in [0.25, 0.3) is 10.0 Å². The second kappa shape index (κ2) is 6.77. The zero-order chi connectivity index (χ0) is 17.0. The van der Waals surface area contributed by atoms with Gasteiger partial charge in [0.15, 0.2) is 5.03 Å². The van der Waals surface area contributed by atoms with Crippen molar-refractivity contribution in [2.75, 3.05) is 7.11 Å². The molecule has 0 aliphatic rings. The van der Waals surface area contributed by atoms with Crippen LogP contribution in [0.15, 0.2) is 54.1 Å². The highest BCUT2D eigenvalue weighted by Crippen LogP contribution is 2.21. The molecule has 0 radical (unpaired) electrons. The first kappa shape index (κ1) is 16.1. The van der Waals surface area contributed by atoms with Gasteiger partial charge in [-0.25, -0.2) is 23.1 Å². The van der Waals surface area contributed by atoms with E-state index in [1.807, 2.05) is 18.2 Å². The number of aromatic nitrogens is 4. The Morgan fingerprint density at radius 3 is 2.79 bits per heavy atom. The lowest BCUT2D eigenvalue weighted by atomic mass is 10.2. The van der Waals surface area contributed by atoms with Gasteiger partial charge in [0.2, 0.25) is 0 Å². The lowest BCUT2D eigenvalue weighted by Crippen LogP contribution is -2.24. The third-order valence-corrected chi connectivity index (χ3v) is 4.55. The molecule has 9 heteroatoms. The second-order valence-corrected chi connectivity index (χ2v) is 6.57. The summed E-state index contributed by atoms with van der Waals surface area (Å²) in [5.74, 6) is 0.571. The summed E-state index contributed by atoms with van der Waals surface area (Å²) in [6.07, 6.45) is 4.20. The molecule has 3 aromatic heterocycles. The fourth-order valence-electron chi connectivity index (χ4n) is 2.05. The summed E-state index contributed by atoms with van der Waals surface area (Å²) in [5, 5.41) is -0.00431. The Balaban J connectivity index is 1.86. The number of methoxy groups -OCH3 is 1. The van der Waals surface area contributed by atoms with E-state index in [1.165, 1.54) is 19.6 Å². The van der Waals surface area contributed by atoms with Crippen molar-refractivity contribution >= 4 is 10.0 Å². The number of nitrogens with one attached hydrogen (secondary N) is 2. The SMILES string of the molecule is COc1cc(CNS(=O)(=O)c2cnc[nH]2)nc(-c2ccccn2)c1. The lowest BCUT2D eigenvalue weighted by Gasteiger charge is -2.09. The molecular formula is C15H15N5O3S. The standard InChI is InChI=1S/C15H15N5O3S/c1-23-12-6-11(8-19-24(21,22)15-9-16-10-18-15)20-14(7-12)13-4-2-3-5-17-13/h2-7,9-10,19H,8H2,1H3,(H,16,18). The summed E-state index contributed by atoms with van der Waals surface area (Å²) in [7, 11) is -2.14. The largest absolute Gasteiger partial charge is 0.497 e. The number of hydrogen-bond donors (Lipinski definition) is 2. The lowest BCUT2D eigenvalue weighted by molar-refractivity contribution is 0.413. The topological polar surface area (TPSA) is 110 Å². The molecule has 3 aromatic rings. The van der Waals surface area contributed by atoms with Gasteiger partial charge in [-0.3, -0.25) is 4.98 Å². The van der Waals surface area contributed by atoms with Gasteiger partial charge in [-0.2, -0.15) is 0 Å². The first-order valence-electron chi connectivity index (χ1n) is 7.03. The molecule has 0 atom stereocenters. The normalized spacial score (nSPS) is 11.4. The third-order valence-electron chi connectivity index (χ3n) is 3.22. The fourth-order valence-corrected chi connectivity index (χ4v) is 2.95. The van der Waals surface area contributed by atoms with Crippen LogP contribution in [-0.2, 0) is 16.6 Å². The maximum absolute atomic E-state index is 12.1. The number of H-pyrrole nitrogens is 1. The zero-order valence-corrected chi connectivity index (χ0v) is 13.6. The van der Waals surface area contributed by atoms with Crippen LogP contribution in [0, 0.1) is 0 Å². The summed E-state index contributed by atoms with van der Waals surface area (Å²) in [6, 6.07) is 8.89. The van der Waals surface area contributed by atoms with Gasteiger partial charge in [0.1, 0.15) is 5.75 Å². The first-order valence-corrected chi connectivity index (χ1v) is 8.51. The quantitative estimate of drug-likeness (QED) is 0.698. The van der Waals surface area contributed by atoms with Crippen LogP contribution >= 0.6 is 0 Å². The Morgan fingerprint density at radius 2 is 2.12 bits per heavy atom. The predicted octanol–water partition coefficient (Wildman–Crippen LogP) is 1.35. The predicted molar refractivity (Wildman–Crippen MR) is 86.6 cm³/mol. The van der Waals surface area contributed by atoms with Gasteiger partial charge >= 0.3 is 0 Å². The molecule has 0 aliphatic heterocycles. The molecule has 0 aliphatic carbocycles. The molecule has 3 rings (SSSR count). The van der Waals surface area contributed by atoms with E-state index < -0.39 is 10.0 Å². The molecule has 0 amide bonds. The van der Waals surface area contributed by atoms with Crippen molar-refractivity contribution in [1.29, 1.82) is 0 Å². The van der Waals surface area contributed by atoms with Crippen molar-refractivity contribution in [3.63, 3.8) is 0 Å². The van der Waals surface area contributed by atoms with E-state index in [9.17, 15) is 8.42 Å². The minimum absolute atomic E-state index is 0.00431. The Morgan fingerprint density at radius 1 is 1.25 bits per heavy atom. The number of hydrogen-bond acceptors (Lipinski definition) is 6. The monoisotopic (exact) mass is 345 g/mol. The minimum Gasteiger partial charge on any atom is -0.497 e. The van der Waals surface area contributed by atoms with Gasteiger partial charge in [-0.1, -0.05) is 6.07 Å². The highest BCUT2D eigenvalue weighted by atomic mass is 32.2. The van der Waals surface area contributed by atoms with Crippen molar-refractivity contribution in [3.05, 3.63) is 54.7 Å². The zero-order valence-electron chi connectivity index (χ0n) is 12.8. The van der Waals surface area contributed by atoms with Crippen molar-refractivity contribution in [1.82, 2.24) is 24.7 Å². The Bertz CT molecular complexity index is 912. The second-order valence-electron chi connectivity index (χ2n) is 4.84. The number of pyridine rings is 2. The number of nitrogens with zero attached hydrogens (tertiary/aromatic N) is 3. The average molecular weight is 345 g/mol. The number of aromatic amines is 1. The Kier molecular flexibility index (Phi) is 4.54. The molecule has 0 saturated carbocycles. The van der Waals surface area contributed by atoms with E-state index in [-0.39, 0.29) is 11.6 Å². The van der Waals surface area contributed by atoms with E-state index in [0.717, 1.165) is 0 Å². The Hall–Kier alpha value is -2.78. The van der Waals surface area contributed by atoms with Gasteiger partial charge in [0.05, 0.1) is 43.3 Å². The molecule has 0 saturated heterocycles. The molecule has 2 N–H and O–H groups in total. The van der Waals surface area contributed by atoms with Crippen molar-refractivity contribution in [2.45, 2.75) is 11.6 Å². The summed E-state index contributed by atoms with van der Waals surface area (Å²) in [5.41, 5.74) is 1.79. The van der Waals surface area contributed by atoms with Crippen LogP contribution < -0.4 is 9.46 Å². The summed E-state index contributed by atoms with van der Waals surface area (Å²) in [4.78, 5) is 14.9. The highest BCUT2D eigenvalue weighted by molar-refractivity contribution is 7.89. The molecular weight excluding hydrogens is 330 g/mol. The first-order chi connectivity index (χ1) is 11.6. The van der Waals surface area contributed by atoms with Crippen LogP contribution in [0.3, 0.4) is 0 Å². The molecule has 0 bridgehead atoms. The van der Waals surface area contributed by atoms with E-state index in [0.29, 0.717) is 22.8 Å². The minimum atomic E-state index is -3.68. The van der Waals surface area contributed by atoms with Gasteiger partial charge in [-0.15, -0.1) is 0 Å². The highest BCUT2D eigenvalue weighted by Gasteiger charge is 2.16. The van der Waals surface area contributed by atoms with Crippen LogP contribution in [0.4, 0.5) is 0 Å². The van der Waals surface area contributed by atoms with E-state index in [1.54, 1.807) is 18.3 Å². The molecule has 0 unspecified atom stereocenters. The maximum atomic E-state index is 12.1. The number of ether oxygens (including phenoxy) is 1. The molecule has 124 valence electrons. The smallest absolute Gasteiger partial charge is 0.257 e. The van der Waals surface area contributed by atoms with Gasteiger partial charge in [0, 0.05) is 18.3 Å². The van der Waals surface area contributed by atoms with Crippen molar-refractivity contribution in [2.24, 2.45) is 0 Å². The summed E-state index contributed by atoms with van der Waals surface area (Å²) >= 11 is 0. The molecule has 0 spiro atoms. The van der Waals surface area contributed by atoms with Crippen molar-refractivity contribution < 1.29 is 13.2 Å². The van der Waals surface area contributed by atoms with Crippen LogP contribution in [0.1, 0.15) is 5.69 Å². The van der Waals surface area contributed by atoms with Crippen LogP contribution in [-0.4, -0.2) is 35.5 Å². The number of rotatable bonds is 6. The number of sulfonamides is 1. The van der Waals surface area contributed by atoms with Gasteiger partial charge in [-0.05, 0) is 12.1 Å². The maximum Gasteiger partial charge on any atom is 0.257 e. The van der Waals surface area contributed by atoms with Crippen LogP contribution in [0.5, 0.6) is 5.75 Å². The van der Waals surface area contributed by atoms with Crippen LogP contribution in [0.2, 0.25) is 0 Å².